The van der Waals surface area contributed by atoms with Crippen molar-refractivity contribution in [2.75, 3.05) is 11.3 Å². The summed E-state index contributed by atoms with van der Waals surface area (Å²) < 4.78 is 65.2. The van der Waals surface area contributed by atoms with Crippen LogP contribution in [0.2, 0.25) is 0 Å². The van der Waals surface area contributed by atoms with E-state index < -0.39 is 28.7 Å². The molecule has 1 aliphatic rings. The van der Waals surface area contributed by atoms with Crippen molar-refractivity contribution in [3.8, 4) is 0 Å². The Kier molecular flexibility index (Phi) is 6.97. The summed E-state index contributed by atoms with van der Waals surface area (Å²) in [5.74, 6) is -0.999. The Balaban J connectivity index is 1.77. The highest BCUT2D eigenvalue weighted by atomic mass is 32.2. The second kappa shape index (κ2) is 9.30. The van der Waals surface area contributed by atoms with Crippen molar-refractivity contribution in [2.24, 2.45) is 0 Å². The van der Waals surface area contributed by atoms with Crippen molar-refractivity contribution in [3.05, 3.63) is 54.1 Å². The van der Waals surface area contributed by atoms with E-state index in [1.165, 1.54) is 18.2 Å². The Hall–Kier alpha value is -2.20. The van der Waals surface area contributed by atoms with Crippen LogP contribution >= 0.6 is 11.8 Å². The van der Waals surface area contributed by atoms with Crippen LogP contribution in [0.15, 0.2) is 58.3 Å². The molecule has 30 heavy (non-hydrogen) atoms. The number of anilines is 1. The van der Waals surface area contributed by atoms with Gasteiger partial charge in [0.2, 0.25) is 0 Å². The molecule has 10 heteroatoms. The van der Waals surface area contributed by atoms with Gasteiger partial charge in [0.25, 0.3) is 15.9 Å². The summed E-state index contributed by atoms with van der Waals surface area (Å²) in [6.07, 6.45) is -0.0627. The first-order chi connectivity index (χ1) is 14.1. The SMILES string of the molecule is O=C(NCC(F)(F)F)c1cccc(S(=O)(=O)Nc2ccccc2SC2CCCC2)c1. The van der Waals surface area contributed by atoms with Crippen LogP contribution in [0.1, 0.15) is 36.0 Å². The van der Waals surface area contributed by atoms with E-state index in [2.05, 4.69) is 4.72 Å². The molecule has 0 aromatic heterocycles. The minimum absolute atomic E-state index is 0.171. The Morgan fingerprint density at radius 3 is 2.47 bits per heavy atom. The number of hydrogen-bond donors (Lipinski definition) is 2. The highest BCUT2D eigenvalue weighted by molar-refractivity contribution is 8.00. The maximum Gasteiger partial charge on any atom is 0.405 e. The van der Waals surface area contributed by atoms with E-state index in [0.717, 1.165) is 36.6 Å². The highest BCUT2D eigenvalue weighted by Gasteiger charge is 2.28. The summed E-state index contributed by atoms with van der Waals surface area (Å²) in [7, 11) is -4.03. The number of benzene rings is 2. The number of alkyl halides is 3. The van der Waals surface area contributed by atoms with Gasteiger partial charge in [-0.25, -0.2) is 8.42 Å². The van der Waals surface area contributed by atoms with Gasteiger partial charge in [0, 0.05) is 15.7 Å². The lowest BCUT2D eigenvalue weighted by atomic mass is 10.2. The molecule has 162 valence electrons. The average Bonchev–Trinajstić information content (AvgIpc) is 3.20. The minimum atomic E-state index is -4.55. The third-order valence-electron chi connectivity index (χ3n) is 4.58. The lowest BCUT2D eigenvalue weighted by molar-refractivity contribution is -0.123. The molecule has 3 rings (SSSR count). The van der Waals surface area contributed by atoms with Crippen LogP contribution in [0.3, 0.4) is 0 Å². The van der Waals surface area contributed by atoms with Crippen molar-refractivity contribution in [2.45, 2.75) is 46.9 Å². The third kappa shape index (κ3) is 6.15. The molecule has 5 nitrogen and oxygen atoms in total. The van der Waals surface area contributed by atoms with Gasteiger partial charge in [-0.3, -0.25) is 9.52 Å². The predicted molar refractivity (Wildman–Crippen MR) is 110 cm³/mol. The maximum absolute atomic E-state index is 12.9. The van der Waals surface area contributed by atoms with Gasteiger partial charge >= 0.3 is 6.18 Å². The highest BCUT2D eigenvalue weighted by Crippen LogP contribution is 2.38. The van der Waals surface area contributed by atoms with Crippen LogP contribution in [0.25, 0.3) is 0 Å². The number of carbonyl (C=O) groups is 1. The van der Waals surface area contributed by atoms with Crippen LogP contribution in [0, 0.1) is 0 Å². The summed E-state index contributed by atoms with van der Waals surface area (Å²) in [6.45, 7) is -1.49. The van der Waals surface area contributed by atoms with E-state index in [-0.39, 0.29) is 10.5 Å². The molecule has 1 amide bonds. The second-order valence-electron chi connectivity index (χ2n) is 6.95. The van der Waals surface area contributed by atoms with Crippen molar-refractivity contribution in [1.82, 2.24) is 5.32 Å². The number of halogens is 3. The maximum atomic E-state index is 12.9. The lowest BCUT2D eigenvalue weighted by Crippen LogP contribution is -2.33. The minimum Gasteiger partial charge on any atom is -0.343 e. The molecule has 0 heterocycles. The van der Waals surface area contributed by atoms with Crippen LogP contribution in [-0.2, 0) is 10.0 Å². The fraction of sp³-hybridized carbons (Fsp3) is 0.350. The van der Waals surface area contributed by atoms with Gasteiger partial charge in [-0.15, -0.1) is 11.8 Å². The van der Waals surface area contributed by atoms with Crippen molar-refractivity contribution < 1.29 is 26.4 Å². The standard InChI is InChI=1S/C20H21F3N2O3S2/c21-20(22,23)13-24-19(26)14-6-5-9-16(12-14)30(27,28)25-17-10-3-4-11-18(17)29-15-7-1-2-8-15/h3-6,9-12,15,25H,1-2,7-8,13H2,(H,24,26). The lowest BCUT2D eigenvalue weighted by Gasteiger charge is -2.15. The number of nitrogens with one attached hydrogen (secondary N) is 2. The van der Waals surface area contributed by atoms with Gasteiger partial charge < -0.3 is 5.32 Å². The molecule has 0 radical (unpaired) electrons. The molecule has 0 atom stereocenters. The number of carbonyl (C=O) groups excluding carboxylic acids is 1. The van der Waals surface area contributed by atoms with Crippen LogP contribution in [0.4, 0.5) is 18.9 Å². The van der Waals surface area contributed by atoms with E-state index in [0.29, 0.717) is 10.9 Å². The third-order valence-corrected chi connectivity index (χ3v) is 7.36. The summed E-state index contributed by atoms with van der Waals surface area (Å²) >= 11 is 1.63. The second-order valence-corrected chi connectivity index (χ2v) is 9.98. The first-order valence-electron chi connectivity index (χ1n) is 9.37. The fourth-order valence-electron chi connectivity index (χ4n) is 3.13. The van der Waals surface area contributed by atoms with Crippen LogP contribution in [-0.4, -0.2) is 32.3 Å². The molecular formula is C20H21F3N2O3S2. The van der Waals surface area contributed by atoms with Gasteiger partial charge in [-0.1, -0.05) is 31.0 Å². The van der Waals surface area contributed by atoms with E-state index in [4.69, 9.17) is 0 Å². The van der Waals surface area contributed by atoms with Gasteiger partial charge in [0.15, 0.2) is 0 Å². The molecule has 2 aromatic rings. The van der Waals surface area contributed by atoms with Crippen molar-refractivity contribution >= 4 is 33.4 Å². The summed E-state index contributed by atoms with van der Waals surface area (Å²) in [4.78, 5) is 12.6. The molecule has 2 aromatic carbocycles. The summed E-state index contributed by atoms with van der Waals surface area (Å²) in [5, 5.41) is 2.18. The molecule has 0 unspecified atom stereocenters. The number of rotatable bonds is 7. The number of sulfonamides is 1. The normalized spacial score (nSPS) is 15.2. The Morgan fingerprint density at radius 2 is 1.77 bits per heavy atom. The molecule has 0 aliphatic heterocycles. The molecule has 1 fully saturated rings. The van der Waals surface area contributed by atoms with E-state index in [9.17, 15) is 26.4 Å². The Bertz CT molecular complexity index is 1000. The van der Waals surface area contributed by atoms with Crippen LogP contribution in [0.5, 0.6) is 0 Å². The molecular weight excluding hydrogens is 437 g/mol. The van der Waals surface area contributed by atoms with E-state index in [1.807, 2.05) is 12.1 Å². The first-order valence-corrected chi connectivity index (χ1v) is 11.7. The summed E-state index contributed by atoms with van der Waals surface area (Å²) in [6, 6.07) is 12.0. The largest absolute Gasteiger partial charge is 0.405 e. The zero-order valence-corrected chi connectivity index (χ0v) is 17.5. The Morgan fingerprint density at radius 1 is 1.07 bits per heavy atom. The van der Waals surface area contributed by atoms with E-state index >= 15 is 0 Å². The first kappa shape index (κ1) is 22.5. The van der Waals surface area contributed by atoms with Gasteiger partial charge in [-0.2, -0.15) is 13.2 Å². The fourth-order valence-corrected chi connectivity index (χ4v) is 5.65. The smallest absolute Gasteiger partial charge is 0.343 e. The zero-order valence-electron chi connectivity index (χ0n) is 15.9. The van der Waals surface area contributed by atoms with Gasteiger partial charge in [0.05, 0.1) is 10.6 Å². The predicted octanol–water partition coefficient (Wildman–Crippen LogP) is 4.81. The summed E-state index contributed by atoms with van der Waals surface area (Å²) in [5.41, 5.74) is 0.261. The quantitative estimate of drug-likeness (QED) is 0.624. The van der Waals surface area contributed by atoms with Gasteiger partial charge in [-0.05, 0) is 43.2 Å². The number of amides is 1. The molecule has 0 bridgehead atoms. The van der Waals surface area contributed by atoms with Crippen molar-refractivity contribution in [3.63, 3.8) is 0 Å². The van der Waals surface area contributed by atoms with Gasteiger partial charge in [0.1, 0.15) is 6.54 Å². The molecule has 1 aliphatic carbocycles. The van der Waals surface area contributed by atoms with Crippen molar-refractivity contribution in [1.29, 1.82) is 0 Å². The Labute approximate surface area is 177 Å². The average molecular weight is 459 g/mol. The molecule has 0 saturated heterocycles. The van der Waals surface area contributed by atoms with E-state index in [1.54, 1.807) is 29.2 Å². The monoisotopic (exact) mass is 458 g/mol. The molecule has 2 N–H and O–H groups in total. The number of hydrogen-bond acceptors (Lipinski definition) is 4. The molecule has 0 spiro atoms. The molecule has 1 saturated carbocycles. The van der Waals surface area contributed by atoms with Crippen LogP contribution < -0.4 is 10.0 Å². The number of para-hydroxylation sites is 1. The zero-order chi connectivity index (χ0) is 21.8. The number of thioether (sulfide) groups is 1. The topological polar surface area (TPSA) is 75.3 Å².